The van der Waals surface area contributed by atoms with Gasteiger partial charge in [0.15, 0.2) is 0 Å². The monoisotopic (exact) mass is 425 g/mol. The fraction of sp³-hybridized carbons (Fsp3) is 0.150. The molecule has 154 valence electrons. The van der Waals surface area contributed by atoms with Gasteiger partial charge in [0.25, 0.3) is 5.91 Å². The number of hydrazone groups is 1. The zero-order chi connectivity index (χ0) is 21.3. The van der Waals surface area contributed by atoms with Gasteiger partial charge in [-0.1, -0.05) is 11.3 Å². The van der Waals surface area contributed by atoms with Crippen molar-refractivity contribution in [2.75, 3.05) is 19.5 Å². The van der Waals surface area contributed by atoms with Gasteiger partial charge in [0.1, 0.15) is 16.5 Å². The normalized spacial score (nSPS) is 10.6. The van der Waals surface area contributed by atoms with Crippen molar-refractivity contribution in [2.24, 2.45) is 5.10 Å². The molecule has 0 radical (unpaired) electrons. The quantitative estimate of drug-likeness (QED) is 0.423. The molecule has 0 aliphatic carbocycles. The summed E-state index contributed by atoms with van der Waals surface area (Å²) in [6.07, 6.45) is 1.52. The van der Waals surface area contributed by atoms with Gasteiger partial charge in [0, 0.05) is 5.56 Å². The number of aromatic nitrogens is 2. The Bertz CT molecular complexity index is 1030. The molecule has 0 aliphatic heterocycles. The third-order valence-electron chi connectivity index (χ3n) is 3.87. The van der Waals surface area contributed by atoms with Crippen molar-refractivity contribution in [1.82, 2.24) is 15.6 Å². The Morgan fingerprint density at radius 3 is 2.27 bits per heavy atom. The van der Waals surface area contributed by atoms with Crippen molar-refractivity contribution >= 4 is 34.5 Å². The van der Waals surface area contributed by atoms with Crippen LogP contribution in [0.3, 0.4) is 0 Å². The number of anilines is 1. The van der Waals surface area contributed by atoms with Crippen LogP contribution in [0.15, 0.2) is 53.6 Å². The average Bonchev–Trinajstić information content (AvgIpc) is 3.20. The Morgan fingerprint density at radius 2 is 1.63 bits per heavy atom. The number of rotatable bonds is 8. The highest BCUT2D eigenvalue weighted by Crippen LogP contribution is 2.18. The van der Waals surface area contributed by atoms with Crippen molar-refractivity contribution in [3.8, 4) is 11.5 Å². The van der Waals surface area contributed by atoms with Crippen LogP contribution in [0.4, 0.5) is 5.13 Å². The highest BCUT2D eigenvalue weighted by Gasteiger charge is 2.12. The molecule has 9 nitrogen and oxygen atoms in total. The van der Waals surface area contributed by atoms with Crippen LogP contribution in [-0.2, 0) is 11.2 Å². The SMILES string of the molecule is COc1ccc(/C=N/NC(=O)Cc2nnc(NC(=O)c3ccc(OC)cc3)s2)cc1. The van der Waals surface area contributed by atoms with Gasteiger partial charge in [-0.3, -0.25) is 14.9 Å². The van der Waals surface area contributed by atoms with Gasteiger partial charge in [-0.2, -0.15) is 5.10 Å². The number of ether oxygens (including phenoxy) is 2. The van der Waals surface area contributed by atoms with E-state index in [0.717, 1.165) is 22.6 Å². The van der Waals surface area contributed by atoms with Crippen LogP contribution < -0.4 is 20.2 Å². The summed E-state index contributed by atoms with van der Waals surface area (Å²) in [4.78, 5) is 24.3. The lowest BCUT2D eigenvalue weighted by Gasteiger charge is -2.02. The third-order valence-corrected chi connectivity index (χ3v) is 4.71. The molecule has 3 rings (SSSR count). The Kier molecular flexibility index (Phi) is 7.06. The maximum Gasteiger partial charge on any atom is 0.257 e. The van der Waals surface area contributed by atoms with E-state index in [9.17, 15) is 9.59 Å². The van der Waals surface area contributed by atoms with E-state index in [0.29, 0.717) is 21.5 Å². The molecule has 0 unspecified atom stereocenters. The minimum atomic E-state index is -0.344. The maximum absolute atomic E-state index is 12.2. The molecule has 0 spiro atoms. The third kappa shape index (κ3) is 5.85. The molecule has 0 aliphatic rings. The van der Waals surface area contributed by atoms with Crippen molar-refractivity contribution in [3.63, 3.8) is 0 Å². The van der Waals surface area contributed by atoms with E-state index in [-0.39, 0.29) is 18.2 Å². The summed E-state index contributed by atoms with van der Waals surface area (Å²) < 4.78 is 10.1. The summed E-state index contributed by atoms with van der Waals surface area (Å²) in [5.74, 6) is 0.727. The molecule has 0 fully saturated rings. The van der Waals surface area contributed by atoms with Gasteiger partial charge in [-0.25, -0.2) is 5.43 Å². The lowest BCUT2D eigenvalue weighted by molar-refractivity contribution is -0.120. The number of hydrogen-bond acceptors (Lipinski definition) is 8. The van der Waals surface area contributed by atoms with Crippen LogP contribution in [-0.4, -0.2) is 42.4 Å². The molecule has 2 amide bonds. The first-order chi connectivity index (χ1) is 14.6. The van der Waals surface area contributed by atoms with E-state index in [1.54, 1.807) is 50.6 Å². The number of hydrogen-bond donors (Lipinski definition) is 2. The van der Waals surface area contributed by atoms with Crippen molar-refractivity contribution in [3.05, 3.63) is 64.7 Å². The zero-order valence-corrected chi connectivity index (χ0v) is 17.1. The maximum atomic E-state index is 12.2. The van der Waals surface area contributed by atoms with Gasteiger partial charge in [-0.15, -0.1) is 10.2 Å². The standard InChI is InChI=1S/C20H19N5O4S/c1-28-15-7-3-13(4-8-15)12-21-23-17(26)11-18-24-25-20(30-18)22-19(27)14-5-9-16(29-2)10-6-14/h3-10,12H,11H2,1-2H3,(H,23,26)(H,22,25,27)/b21-12+. The van der Waals surface area contributed by atoms with Gasteiger partial charge in [0.05, 0.1) is 26.9 Å². The molecule has 3 aromatic rings. The second-order valence-electron chi connectivity index (χ2n) is 5.93. The van der Waals surface area contributed by atoms with Crippen LogP contribution in [0.1, 0.15) is 20.9 Å². The van der Waals surface area contributed by atoms with Crippen LogP contribution in [0.5, 0.6) is 11.5 Å². The molecule has 0 bridgehead atoms. The first-order valence-corrected chi connectivity index (χ1v) is 9.63. The van der Waals surface area contributed by atoms with E-state index in [4.69, 9.17) is 9.47 Å². The molecule has 30 heavy (non-hydrogen) atoms. The zero-order valence-electron chi connectivity index (χ0n) is 16.3. The predicted molar refractivity (Wildman–Crippen MR) is 113 cm³/mol. The van der Waals surface area contributed by atoms with Crippen LogP contribution in [0.2, 0.25) is 0 Å². The van der Waals surface area contributed by atoms with E-state index in [1.807, 2.05) is 12.1 Å². The summed E-state index contributed by atoms with van der Waals surface area (Å²) in [5, 5.41) is 15.1. The predicted octanol–water partition coefficient (Wildman–Crippen LogP) is 2.50. The molecule has 0 saturated carbocycles. The highest BCUT2D eigenvalue weighted by atomic mass is 32.1. The van der Waals surface area contributed by atoms with E-state index in [1.165, 1.54) is 6.21 Å². The van der Waals surface area contributed by atoms with Gasteiger partial charge < -0.3 is 9.47 Å². The molecule has 1 heterocycles. The fourth-order valence-electron chi connectivity index (χ4n) is 2.33. The minimum absolute atomic E-state index is 0.00394. The topological polar surface area (TPSA) is 115 Å². The first-order valence-electron chi connectivity index (χ1n) is 8.81. The van der Waals surface area contributed by atoms with Crippen molar-refractivity contribution < 1.29 is 19.1 Å². The highest BCUT2D eigenvalue weighted by molar-refractivity contribution is 7.15. The summed E-state index contributed by atoms with van der Waals surface area (Å²) in [6.45, 7) is 0. The van der Waals surface area contributed by atoms with E-state index in [2.05, 4.69) is 26.0 Å². The molecule has 2 aromatic carbocycles. The van der Waals surface area contributed by atoms with Crippen LogP contribution >= 0.6 is 11.3 Å². The smallest absolute Gasteiger partial charge is 0.257 e. The van der Waals surface area contributed by atoms with Crippen molar-refractivity contribution in [1.29, 1.82) is 0 Å². The molecule has 1 aromatic heterocycles. The van der Waals surface area contributed by atoms with Gasteiger partial charge in [0.2, 0.25) is 11.0 Å². The number of carbonyl (C=O) groups excluding carboxylic acids is 2. The van der Waals surface area contributed by atoms with Crippen LogP contribution in [0, 0.1) is 0 Å². The number of carbonyl (C=O) groups is 2. The Balaban J connectivity index is 1.49. The molecule has 0 saturated heterocycles. The van der Waals surface area contributed by atoms with Gasteiger partial charge in [-0.05, 0) is 54.1 Å². The fourth-order valence-corrected chi connectivity index (χ4v) is 3.07. The molecular formula is C20H19N5O4S. The average molecular weight is 425 g/mol. The second kappa shape index (κ2) is 10.1. The number of nitrogens with one attached hydrogen (secondary N) is 2. The molecular weight excluding hydrogens is 406 g/mol. The van der Waals surface area contributed by atoms with Crippen molar-refractivity contribution in [2.45, 2.75) is 6.42 Å². The molecule has 10 heteroatoms. The van der Waals surface area contributed by atoms with E-state index >= 15 is 0 Å². The summed E-state index contributed by atoms with van der Waals surface area (Å²) in [6, 6.07) is 13.9. The lowest BCUT2D eigenvalue weighted by atomic mass is 10.2. The molecule has 0 atom stereocenters. The summed E-state index contributed by atoms with van der Waals surface area (Å²) >= 11 is 1.12. The van der Waals surface area contributed by atoms with Gasteiger partial charge >= 0.3 is 0 Å². The van der Waals surface area contributed by atoms with E-state index < -0.39 is 0 Å². The number of amides is 2. The van der Waals surface area contributed by atoms with Crippen LogP contribution in [0.25, 0.3) is 0 Å². The number of benzene rings is 2. The summed E-state index contributed by atoms with van der Waals surface area (Å²) in [5.41, 5.74) is 3.71. The Morgan fingerprint density at radius 1 is 1.00 bits per heavy atom. The molecule has 2 N–H and O–H groups in total. The summed E-state index contributed by atoms with van der Waals surface area (Å²) in [7, 11) is 3.14. The minimum Gasteiger partial charge on any atom is -0.497 e. The Labute approximate surface area is 176 Å². The second-order valence-corrected chi connectivity index (χ2v) is 6.99. The lowest BCUT2D eigenvalue weighted by Crippen LogP contribution is -2.19. The number of methoxy groups -OCH3 is 2. The Hall–Kier alpha value is -3.79. The first kappa shape index (κ1) is 20.9. The largest absolute Gasteiger partial charge is 0.497 e. The number of nitrogens with zero attached hydrogens (tertiary/aromatic N) is 3.